The van der Waals surface area contributed by atoms with Crippen molar-refractivity contribution in [1.82, 2.24) is 0 Å². The van der Waals surface area contributed by atoms with E-state index >= 15 is 0 Å². The number of nitrogens with zero attached hydrogens (tertiary/aromatic N) is 1. The average molecular weight is 485 g/mol. The van der Waals surface area contributed by atoms with Crippen LogP contribution in [0.2, 0.25) is 10.0 Å². The van der Waals surface area contributed by atoms with E-state index in [4.69, 9.17) is 23.2 Å². The SMILES string of the molecule is CC(C)c1ccccc1N1C(=O)CS[C@H]1c1ccc(NC(=O)c2ccc(Cl)cc2Cl)cc1. The lowest BCUT2D eigenvalue weighted by molar-refractivity contribution is -0.115. The van der Waals surface area contributed by atoms with Crippen molar-refractivity contribution in [3.63, 3.8) is 0 Å². The first kappa shape index (κ1) is 22.7. The van der Waals surface area contributed by atoms with Crippen LogP contribution in [-0.4, -0.2) is 17.6 Å². The molecule has 0 aliphatic carbocycles. The minimum atomic E-state index is -0.308. The zero-order chi connectivity index (χ0) is 22.8. The molecular weight excluding hydrogens is 463 g/mol. The molecule has 32 heavy (non-hydrogen) atoms. The number of nitrogens with one attached hydrogen (secondary N) is 1. The van der Waals surface area contributed by atoms with Gasteiger partial charge in [-0.1, -0.05) is 67.4 Å². The summed E-state index contributed by atoms with van der Waals surface area (Å²) in [6, 6.07) is 20.4. The molecule has 1 heterocycles. The van der Waals surface area contributed by atoms with Gasteiger partial charge in [0.05, 0.1) is 16.3 Å². The summed E-state index contributed by atoms with van der Waals surface area (Å²) >= 11 is 13.7. The molecule has 4 rings (SSSR count). The molecule has 1 N–H and O–H groups in total. The summed E-state index contributed by atoms with van der Waals surface area (Å²) in [5, 5.41) is 3.52. The van der Waals surface area contributed by atoms with Gasteiger partial charge >= 0.3 is 0 Å². The van der Waals surface area contributed by atoms with Crippen LogP contribution in [0.4, 0.5) is 11.4 Å². The molecule has 0 saturated carbocycles. The van der Waals surface area contributed by atoms with Gasteiger partial charge in [0.15, 0.2) is 0 Å². The maximum atomic E-state index is 12.8. The number of benzene rings is 3. The van der Waals surface area contributed by atoms with Gasteiger partial charge in [0, 0.05) is 16.4 Å². The summed E-state index contributed by atoms with van der Waals surface area (Å²) in [4.78, 5) is 27.2. The highest BCUT2D eigenvalue weighted by molar-refractivity contribution is 8.00. The van der Waals surface area contributed by atoms with Crippen molar-refractivity contribution in [2.24, 2.45) is 0 Å². The highest BCUT2D eigenvalue weighted by atomic mass is 35.5. The van der Waals surface area contributed by atoms with Crippen molar-refractivity contribution >= 4 is 58.2 Å². The lowest BCUT2D eigenvalue weighted by Crippen LogP contribution is -2.29. The molecule has 0 unspecified atom stereocenters. The summed E-state index contributed by atoms with van der Waals surface area (Å²) in [5.74, 6) is 0.535. The second-order valence-corrected chi connectivity index (χ2v) is 9.75. The smallest absolute Gasteiger partial charge is 0.257 e. The number of halogens is 2. The van der Waals surface area contributed by atoms with Crippen molar-refractivity contribution in [2.75, 3.05) is 16.0 Å². The number of hydrogen-bond donors (Lipinski definition) is 1. The van der Waals surface area contributed by atoms with E-state index in [2.05, 4.69) is 25.2 Å². The molecule has 1 aliphatic heterocycles. The Balaban J connectivity index is 1.56. The van der Waals surface area contributed by atoms with Gasteiger partial charge in [-0.3, -0.25) is 14.5 Å². The molecule has 1 saturated heterocycles. The van der Waals surface area contributed by atoms with E-state index < -0.39 is 0 Å². The molecular formula is C25H22Cl2N2O2S. The van der Waals surface area contributed by atoms with Gasteiger partial charge in [0.2, 0.25) is 5.91 Å². The topological polar surface area (TPSA) is 49.4 Å². The van der Waals surface area contributed by atoms with E-state index in [1.54, 1.807) is 30.0 Å². The summed E-state index contributed by atoms with van der Waals surface area (Å²) < 4.78 is 0. The van der Waals surface area contributed by atoms with Crippen LogP contribution in [0.25, 0.3) is 0 Å². The lowest BCUT2D eigenvalue weighted by Gasteiger charge is -2.27. The molecule has 0 radical (unpaired) electrons. The Morgan fingerprint density at radius 3 is 2.47 bits per heavy atom. The lowest BCUT2D eigenvalue weighted by atomic mass is 10.00. The Kier molecular flexibility index (Phi) is 6.79. The highest BCUT2D eigenvalue weighted by Crippen LogP contribution is 2.44. The molecule has 3 aromatic rings. The van der Waals surface area contributed by atoms with Crippen molar-refractivity contribution in [3.8, 4) is 0 Å². The van der Waals surface area contributed by atoms with Crippen molar-refractivity contribution in [3.05, 3.63) is 93.5 Å². The number of thioether (sulfide) groups is 1. The van der Waals surface area contributed by atoms with Crippen LogP contribution < -0.4 is 10.2 Å². The highest BCUT2D eigenvalue weighted by Gasteiger charge is 2.35. The third kappa shape index (κ3) is 4.65. The third-order valence-electron chi connectivity index (χ3n) is 5.32. The van der Waals surface area contributed by atoms with Crippen LogP contribution in [-0.2, 0) is 4.79 Å². The molecule has 4 nitrogen and oxygen atoms in total. The van der Waals surface area contributed by atoms with Crippen LogP contribution in [0.1, 0.15) is 46.6 Å². The molecule has 3 aromatic carbocycles. The van der Waals surface area contributed by atoms with Gasteiger partial charge in [-0.2, -0.15) is 0 Å². The summed E-state index contributed by atoms with van der Waals surface area (Å²) in [6.07, 6.45) is 0. The maximum absolute atomic E-state index is 12.8. The Labute approximate surface area is 201 Å². The van der Waals surface area contributed by atoms with Gasteiger partial charge in [0.1, 0.15) is 5.37 Å². The number of amides is 2. The number of hydrogen-bond acceptors (Lipinski definition) is 3. The Morgan fingerprint density at radius 2 is 1.78 bits per heavy atom. The Morgan fingerprint density at radius 1 is 1.06 bits per heavy atom. The number of carbonyl (C=O) groups excluding carboxylic acids is 2. The Hall–Kier alpha value is -2.47. The first-order valence-corrected chi connectivity index (χ1v) is 12.0. The summed E-state index contributed by atoms with van der Waals surface area (Å²) in [7, 11) is 0. The molecule has 0 bridgehead atoms. The minimum absolute atomic E-state index is 0.0999. The largest absolute Gasteiger partial charge is 0.322 e. The molecule has 1 fully saturated rings. The molecule has 1 atom stereocenters. The van der Waals surface area contributed by atoms with Gasteiger partial charge in [-0.25, -0.2) is 0 Å². The number of rotatable bonds is 5. The van der Waals surface area contributed by atoms with E-state index in [0.717, 1.165) is 16.8 Å². The van der Waals surface area contributed by atoms with Crippen LogP contribution in [0.3, 0.4) is 0 Å². The van der Waals surface area contributed by atoms with E-state index in [-0.39, 0.29) is 17.2 Å². The normalized spacial score (nSPS) is 16.0. The van der Waals surface area contributed by atoms with Crippen molar-refractivity contribution < 1.29 is 9.59 Å². The van der Waals surface area contributed by atoms with Crippen LogP contribution in [0.5, 0.6) is 0 Å². The monoisotopic (exact) mass is 484 g/mol. The maximum Gasteiger partial charge on any atom is 0.257 e. The predicted molar refractivity (Wildman–Crippen MR) is 134 cm³/mol. The molecule has 1 aliphatic rings. The molecule has 7 heteroatoms. The second-order valence-electron chi connectivity index (χ2n) is 7.84. The van der Waals surface area contributed by atoms with Crippen molar-refractivity contribution in [2.45, 2.75) is 25.1 Å². The first-order valence-electron chi connectivity index (χ1n) is 10.2. The van der Waals surface area contributed by atoms with E-state index in [1.807, 2.05) is 47.4 Å². The predicted octanol–water partition coefficient (Wildman–Crippen LogP) is 7.15. The fourth-order valence-electron chi connectivity index (χ4n) is 3.73. The molecule has 164 valence electrons. The van der Waals surface area contributed by atoms with Gasteiger partial charge in [-0.15, -0.1) is 11.8 Å². The average Bonchev–Trinajstić information content (AvgIpc) is 3.15. The standard InChI is InChI=1S/C25H22Cl2N2O2S/c1-15(2)19-5-3-4-6-22(19)29-23(30)14-32-25(29)16-7-10-18(11-8-16)28-24(31)20-12-9-17(26)13-21(20)27/h3-13,15,25H,14H2,1-2H3,(H,28,31)/t25-/m0/s1. The zero-order valence-electron chi connectivity index (χ0n) is 17.6. The van der Waals surface area contributed by atoms with Gasteiger partial charge in [0.25, 0.3) is 5.91 Å². The first-order chi connectivity index (χ1) is 15.3. The van der Waals surface area contributed by atoms with Gasteiger partial charge in [-0.05, 0) is 53.4 Å². The quantitative estimate of drug-likeness (QED) is 0.418. The summed E-state index contributed by atoms with van der Waals surface area (Å²) in [6.45, 7) is 4.26. The summed E-state index contributed by atoms with van der Waals surface area (Å²) in [5.41, 5.74) is 4.11. The molecule has 2 amide bonds. The van der Waals surface area contributed by atoms with Crippen molar-refractivity contribution in [1.29, 1.82) is 0 Å². The van der Waals surface area contributed by atoms with Crippen LogP contribution in [0.15, 0.2) is 66.7 Å². The number of para-hydroxylation sites is 1. The minimum Gasteiger partial charge on any atom is -0.322 e. The third-order valence-corrected chi connectivity index (χ3v) is 7.08. The van der Waals surface area contributed by atoms with Gasteiger partial charge < -0.3 is 5.32 Å². The molecule has 0 aromatic heterocycles. The van der Waals surface area contributed by atoms with E-state index in [0.29, 0.717) is 33.0 Å². The van der Waals surface area contributed by atoms with Crippen LogP contribution in [0, 0.1) is 0 Å². The number of anilines is 2. The molecule has 0 spiro atoms. The van der Waals surface area contributed by atoms with E-state index in [1.165, 1.54) is 0 Å². The van der Waals surface area contributed by atoms with Crippen LogP contribution >= 0.6 is 35.0 Å². The fourth-order valence-corrected chi connectivity index (χ4v) is 5.39. The number of carbonyl (C=O) groups is 2. The Bertz CT molecular complexity index is 1160. The van der Waals surface area contributed by atoms with E-state index in [9.17, 15) is 9.59 Å². The second kappa shape index (κ2) is 9.57. The fraction of sp³-hybridized carbons (Fsp3) is 0.200. The zero-order valence-corrected chi connectivity index (χ0v) is 20.0.